The first-order chi connectivity index (χ1) is 12.2. The van der Waals surface area contributed by atoms with Crippen molar-refractivity contribution in [2.75, 3.05) is 0 Å². The summed E-state index contributed by atoms with van der Waals surface area (Å²) in [5.41, 5.74) is 2.76. The molecule has 0 saturated carbocycles. The summed E-state index contributed by atoms with van der Waals surface area (Å²) in [6, 6.07) is 16.0. The number of fused-ring (bicyclic) bond motifs is 1. The van der Waals surface area contributed by atoms with Gasteiger partial charge in [-0.15, -0.1) is 0 Å². The van der Waals surface area contributed by atoms with Crippen molar-refractivity contribution in [3.8, 4) is 0 Å². The molecule has 1 unspecified atom stereocenters. The smallest absolute Gasteiger partial charge is 0.277 e. The first kappa shape index (κ1) is 15.5. The number of rotatable bonds is 4. The van der Waals surface area contributed by atoms with E-state index in [1.165, 1.54) is 6.33 Å². The van der Waals surface area contributed by atoms with Crippen molar-refractivity contribution in [3.63, 3.8) is 0 Å². The fourth-order valence-electron chi connectivity index (χ4n) is 2.97. The van der Waals surface area contributed by atoms with Crippen molar-refractivity contribution in [1.82, 2.24) is 24.5 Å². The van der Waals surface area contributed by atoms with Gasteiger partial charge in [-0.25, -0.2) is 4.98 Å². The number of H-pyrrole nitrogens is 2. The quantitative estimate of drug-likeness (QED) is 0.555. The van der Waals surface area contributed by atoms with Gasteiger partial charge in [0.2, 0.25) is 0 Å². The molecular formula is C18H15N5OS. The molecule has 0 aliphatic heterocycles. The van der Waals surface area contributed by atoms with Crippen LogP contribution in [0.4, 0.5) is 0 Å². The molecule has 3 aromatic heterocycles. The summed E-state index contributed by atoms with van der Waals surface area (Å²) in [4.78, 5) is 26.4. The van der Waals surface area contributed by atoms with Crippen molar-refractivity contribution in [2.24, 2.45) is 0 Å². The number of hydrogen-bond donors (Lipinski definition) is 2. The van der Waals surface area contributed by atoms with E-state index in [1.807, 2.05) is 41.0 Å². The molecule has 124 valence electrons. The minimum absolute atomic E-state index is 0.0140. The van der Waals surface area contributed by atoms with Gasteiger partial charge < -0.3 is 9.55 Å². The SMILES string of the molecule is O=c1[nH]c(=S)n(CC(c2ccccc2)c2ccccn2)c2nc[nH]c12. The second-order valence-corrected chi connectivity index (χ2v) is 6.08. The zero-order chi connectivity index (χ0) is 17.2. The summed E-state index contributed by atoms with van der Waals surface area (Å²) in [5.74, 6) is -0.0140. The summed E-state index contributed by atoms with van der Waals surface area (Å²) in [5, 5.41) is 0. The van der Waals surface area contributed by atoms with Crippen molar-refractivity contribution in [3.05, 3.63) is 87.4 Å². The van der Waals surface area contributed by atoms with E-state index in [4.69, 9.17) is 12.2 Å². The highest BCUT2D eigenvalue weighted by molar-refractivity contribution is 7.71. The van der Waals surface area contributed by atoms with Crippen LogP contribution in [-0.4, -0.2) is 24.5 Å². The highest BCUT2D eigenvalue weighted by Crippen LogP contribution is 2.25. The molecule has 0 amide bonds. The van der Waals surface area contributed by atoms with Gasteiger partial charge in [0.1, 0.15) is 5.52 Å². The van der Waals surface area contributed by atoms with Crippen molar-refractivity contribution >= 4 is 23.4 Å². The first-order valence-electron chi connectivity index (χ1n) is 7.86. The van der Waals surface area contributed by atoms with Crippen LogP contribution in [-0.2, 0) is 6.54 Å². The van der Waals surface area contributed by atoms with Crippen molar-refractivity contribution in [1.29, 1.82) is 0 Å². The summed E-state index contributed by atoms with van der Waals surface area (Å²) < 4.78 is 2.19. The molecule has 0 aliphatic rings. The molecular weight excluding hydrogens is 334 g/mol. The van der Waals surface area contributed by atoms with Gasteiger partial charge in [-0.2, -0.15) is 0 Å². The average molecular weight is 349 g/mol. The fourth-order valence-corrected chi connectivity index (χ4v) is 3.22. The van der Waals surface area contributed by atoms with E-state index in [2.05, 4.69) is 32.1 Å². The standard InChI is InChI=1S/C18H15N5OS/c24-17-15-16(21-11-20-15)23(18(25)22-17)10-13(12-6-2-1-3-7-12)14-8-4-5-9-19-14/h1-9,11,13H,10H2,(H,20,21)(H,22,24,25). The van der Waals surface area contributed by atoms with Gasteiger partial charge in [0, 0.05) is 24.4 Å². The Hall–Kier alpha value is -3.06. The van der Waals surface area contributed by atoms with Crippen LogP contribution >= 0.6 is 12.2 Å². The maximum absolute atomic E-state index is 12.0. The maximum Gasteiger partial charge on any atom is 0.277 e. The molecule has 1 aromatic carbocycles. The molecule has 25 heavy (non-hydrogen) atoms. The Morgan fingerprint density at radius 2 is 1.88 bits per heavy atom. The lowest BCUT2D eigenvalue weighted by molar-refractivity contribution is 0.606. The van der Waals surface area contributed by atoms with Crippen LogP contribution < -0.4 is 5.56 Å². The normalized spacial score (nSPS) is 12.3. The van der Waals surface area contributed by atoms with Gasteiger partial charge >= 0.3 is 0 Å². The van der Waals surface area contributed by atoms with Crippen LogP contribution in [0.15, 0.2) is 65.8 Å². The third-order valence-electron chi connectivity index (χ3n) is 4.18. The van der Waals surface area contributed by atoms with Crippen molar-refractivity contribution in [2.45, 2.75) is 12.5 Å². The van der Waals surface area contributed by atoms with Crippen LogP contribution in [0, 0.1) is 4.77 Å². The number of aromatic nitrogens is 5. The first-order valence-corrected chi connectivity index (χ1v) is 8.27. The number of pyridine rings is 1. The molecule has 0 radical (unpaired) electrons. The lowest BCUT2D eigenvalue weighted by atomic mass is 9.95. The van der Waals surface area contributed by atoms with Crippen LogP contribution in [0.1, 0.15) is 17.2 Å². The fraction of sp³-hybridized carbons (Fsp3) is 0.111. The Bertz CT molecular complexity index is 1080. The second-order valence-electron chi connectivity index (χ2n) is 5.69. The van der Waals surface area contributed by atoms with Gasteiger partial charge in [0.05, 0.1) is 6.33 Å². The van der Waals surface area contributed by atoms with E-state index in [0.717, 1.165) is 11.3 Å². The molecule has 0 aliphatic carbocycles. The molecule has 4 rings (SSSR count). The summed E-state index contributed by atoms with van der Waals surface area (Å²) in [6.07, 6.45) is 3.28. The lowest BCUT2D eigenvalue weighted by Gasteiger charge is -2.19. The van der Waals surface area contributed by atoms with Crippen LogP contribution in [0.2, 0.25) is 0 Å². The monoisotopic (exact) mass is 349 g/mol. The molecule has 3 heterocycles. The number of nitrogens with zero attached hydrogens (tertiary/aromatic N) is 3. The molecule has 0 spiro atoms. The lowest BCUT2D eigenvalue weighted by Crippen LogP contribution is -2.19. The van der Waals surface area contributed by atoms with Crippen molar-refractivity contribution < 1.29 is 0 Å². The van der Waals surface area contributed by atoms with E-state index in [9.17, 15) is 4.79 Å². The summed E-state index contributed by atoms with van der Waals surface area (Å²) >= 11 is 5.38. The van der Waals surface area contributed by atoms with E-state index in [1.54, 1.807) is 6.20 Å². The van der Waals surface area contributed by atoms with Gasteiger partial charge in [-0.3, -0.25) is 14.8 Å². The minimum Gasteiger partial charge on any atom is -0.339 e. The van der Waals surface area contributed by atoms with E-state index in [0.29, 0.717) is 22.5 Å². The predicted octanol–water partition coefficient (Wildman–Crippen LogP) is 3.01. The molecule has 4 aromatic rings. The molecule has 7 heteroatoms. The summed E-state index contributed by atoms with van der Waals surface area (Å²) in [7, 11) is 0. The number of hydrogen-bond acceptors (Lipinski definition) is 4. The Labute approximate surface area is 148 Å². The van der Waals surface area contributed by atoms with Crippen LogP contribution in [0.5, 0.6) is 0 Å². The number of benzene rings is 1. The van der Waals surface area contributed by atoms with Gasteiger partial charge in [-0.1, -0.05) is 36.4 Å². The highest BCUT2D eigenvalue weighted by Gasteiger charge is 2.18. The topological polar surface area (TPSA) is 79.4 Å². The Morgan fingerprint density at radius 3 is 2.64 bits per heavy atom. The Kier molecular flexibility index (Phi) is 3.99. The van der Waals surface area contributed by atoms with E-state index >= 15 is 0 Å². The number of aromatic amines is 2. The second kappa shape index (κ2) is 6.45. The zero-order valence-electron chi connectivity index (χ0n) is 13.2. The zero-order valence-corrected chi connectivity index (χ0v) is 14.0. The molecule has 6 nitrogen and oxygen atoms in total. The highest BCUT2D eigenvalue weighted by atomic mass is 32.1. The third-order valence-corrected chi connectivity index (χ3v) is 4.50. The predicted molar refractivity (Wildman–Crippen MR) is 98.1 cm³/mol. The van der Waals surface area contributed by atoms with Crippen LogP contribution in [0.25, 0.3) is 11.2 Å². The molecule has 0 bridgehead atoms. The third kappa shape index (κ3) is 2.89. The Morgan fingerprint density at radius 1 is 1.08 bits per heavy atom. The molecule has 0 saturated heterocycles. The van der Waals surface area contributed by atoms with Gasteiger partial charge in [0.25, 0.3) is 5.56 Å². The molecule has 1 atom stereocenters. The maximum atomic E-state index is 12.0. The summed E-state index contributed by atoms with van der Waals surface area (Å²) in [6.45, 7) is 0.526. The van der Waals surface area contributed by atoms with Gasteiger partial charge in [0.15, 0.2) is 10.4 Å². The number of nitrogens with one attached hydrogen (secondary N) is 2. The van der Waals surface area contributed by atoms with E-state index < -0.39 is 0 Å². The molecule has 0 fully saturated rings. The number of imidazole rings is 1. The molecule has 2 N–H and O–H groups in total. The van der Waals surface area contributed by atoms with Gasteiger partial charge in [-0.05, 0) is 29.9 Å². The van der Waals surface area contributed by atoms with Crippen LogP contribution in [0.3, 0.4) is 0 Å². The van der Waals surface area contributed by atoms with E-state index in [-0.39, 0.29) is 11.5 Å². The largest absolute Gasteiger partial charge is 0.339 e. The minimum atomic E-state index is -0.261. The average Bonchev–Trinajstić information content (AvgIpc) is 3.13. The Balaban J connectivity index is 1.87.